The van der Waals surface area contributed by atoms with Crippen LogP contribution in [-0.2, 0) is 0 Å². The van der Waals surface area contributed by atoms with Gasteiger partial charge >= 0.3 is 0 Å². The molecule has 2 saturated carbocycles. The highest BCUT2D eigenvalue weighted by molar-refractivity contribution is 5.08. The summed E-state index contributed by atoms with van der Waals surface area (Å²) in [5.74, 6) is 0. The molecular weight excluding hydrogens is 160 g/mol. The first-order valence-electron chi connectivity index (χ1n) is 5.79. The topological polar surface area (TPSA) is 29.3 Å². The third kappa shape index (κ3) is 1.31. The van der Waals surface area contributed by atoms with Crippen molar-refractivity contribution in [2.75, 3.05) is 13.1 Å². The molecule has 1 heterocycles. The monoisotopic (exact) mass is 180 g/mol. The molecule has 0 unspecified atom stereocenters. The Morgan fingerprint density at radius 3 is 2.38 bits per heavy atom. The fraction of sp³-hybridized carbons (Fsp3) is 1.00. The van der Waals surface area contributed by atoms with Crippen molar-refractivity contribution in [2.45, 2.75) is 50.6 Å². The van der Waals surface area contributed by atoms with Gasteiger partial charge < -0.3 is 5.73 Å². The second-order valence-corrected chi connectivity index (χ2v) is 5.42. The first-order chi connectivity index (χ1) is 6.29. The van der Waals surface area contributed by atoms with E-state index in [0.717, 1.165) is 11.5 Å². The van der Waals surface area contributed by atoms with Crippen LogP contribution in [0.1, 0.15) is 38.5 Å². The summed E-state index contributed by atoms with van der Waals surface area (Å²) in [4.78, 5) is 2.65. The molecule has 74 valence electrons. The highest BCUT2D eigenvalue weighted by Crippen LogP contribution is 2.54. The fourth-order valence-electron chi connectivity index (χ4n) is 3.14. The van der Waals surface area contributed by atoms with E-state index in [1.807, 2.05) is 0 Å². The molecule has 1 aliphatic heterocycles. The van der Waals surface area contributed by atoms with Crippen molar-refractivity contribution < 1.29 is 0 Å². The number of likely N-dealkylation sites (tertiary alicyclic amines) is 1. The molecule has 2 aliphatic carbocycles. The van der Waals surface area contributed by atoms with Gasteiger partial charge in [-0.3, -0.25) is 4.90 Å². The minimum Gasteiger partial charge on any atom is -0.326 e. The van der Waals surface area contributed by atoms with Gasteiger partial charge in [-0.1, -0.05) is 12.8 Å². The van der Waals surface area contributed by atoms with Gasteiger partial charge in [0.15, 0.2) is 0 Å². The Morgan fingerprint density at radius 1 is 1.08 bits per heavy atom. The Hall–Kier alpha value is -0.0800. The number of hydrogen-bond acceptors (Lipinski definition) is 2. The van der Waals surface area contributed by atoms with E-state index >= 15 is 0 Å². The quantitative estimate of drug-likeness (QED) is 0.660. The summed E-state index contributed by atoms with van der Waals surface area (Å²) in [5.41, 5.74) is 6.96. The van der Waals surface area contributed by atoms with Crippen LogP contribution in [0.25, 0.3) is 0 Å². The first kappa shape index (κ1) is 8.25. The molecule has 3 fully saturated rings. The van der Waals surface area contributed by atoms with Crippen LogP contribution in [0.4, 0.5) is 0 Å². The van der Waals surface area contributed by atoms with Gasteiger partial charge in [-0.2, -0.15) is 0 Å². The summed E-state index contributed by atoms with van der Waals surface area (Å²) in [6.07, 6.45) is 8.36. The van der Waals surface area contributed by atoms with Crippen LogP contribution in [0.3, 0.4) is 0 Å². The predicted octanol–water partition coefficient (Wildman–Crippen LogP) is 1.35. The second kappa shape index (κ2) is 2.71. The smallest absolute Gasteiger partial charge is 0.0247 e. The Morgan fingerprint density at radius 2 is 1.77 bits per heavy atom. The Kier molecular flexibility index (Phi) is 1.72. The molecular formula is C11H20N2. The zero-order chi connectivity index (χ0) is 8.89. The maximum absolute atomic E-state index is 6.16. The molecule has 1 saturated heterocycles. The predicted molar refractivity (Wildman–Crippen MR) is 53.5 cm³/mol. The molecule has 0 aromatic heterocycles. The maximum Gasteiger partial charge on any atom is 0.0247 e. The summed E-state index contributed by atoms with van der Waals surface area (Å²) in [6, 6.07) is 1.21. The lowest BCUT2D eigenvalue weighted by molar-refractivity contribution is 0.0119. The summed E-state index contributed by atoms with van der Waals surface area (Å²) in [7, 11) is 0. The van der Waals surface area contributed by atoms with Gasteiger partial charge in [0, 0.05) is 25.2 Å². The molecule has 2 heteroatoms. The van der Waals surface area contributed by atoms with Crippen LogP contribution in [-0.4, -0.2) is 30.1 Å². The summed E-state index contributed by atoms with van der Waals surface area (Å²) >= 11 is 0. The number of hydrogen-bond donors (Lipinski definition) is 1. The van der Waals surface area contributed by atoms with Crippen LogP contribution in [0, 0.1) is 5.41 Å². The van der Waals surface area contributed by atoms with Crippen LogP contribution >= 0.6 is 0 Å². The van der Waals surface area contributed by atoms with Gasteiger partial charge in [-0.25, -0.2) is 0 Å². The third-order valence-electron chi connectivity index (χ3n) is 4.28. The molecule has 2 nitrogen and oxygen atoms in total. The Bertz CT molecular complexity index is 202. The van der Waals surface area contributed by atoms with Crippen LogP contribution in [0.15, 0.2) is 0 Å². The van der Waals surface area contributed by atoms with E-state index in [4.69, 9.17) is 5.73 Å². The van der Waals surface area contributed by atoms with E-state index < -0.39 is 0 Å². The van der Waals surface area contributed by atoms with Crippen molar-refractivity contribution >= 4 is 0 Å². The van der Waals surface area contributed by atoms with Crippen molar-refractivity contribution in [3.05, 3.63) is 0 Å². The summed E-state index contributed by atoms with van der Waals surface area (Å²) in [6.45, 7) is 2.73. The van der Waals surface area contributed by atoms with E-state index in [2.05, 4.69) is 4.90 Å². The maximum atomic E-state index is 6.16. The van der Waals surface area contributed by atoms with Gasteiger partial charge in [0.25, 0.3) is 0 Å². The average molecular weight is 180 g/mol. The van der Waals surface area contributed by atoms with Crippen LogP contribution < -0.4 is 5.73 Å². The average Bonchev–Trinajstić information content (AvgIpc) is 2.82. The first-order valence-corrected chi connectivity index (χ1v) is 5.79. The minimum absolute atomic E-state index is 0.477. The van der Waals surface area contributed by atoms with E-state index in [0.29, 0.717) is 6.04 Å². The lowest BCUT2D eigenvalue weighted by Gasteiger charge is -2.48. The number of nitrogens with two attached hydrogens (primary N) is 1. The zero-order valence-electron chi connectivity index (χ0n) is 8.34. The standard InChI is InChI=1S/C11H20N2/c12-9-3-1-2-4-10(9)13-7-11(8-13)5-6-11/h9-10H,1-8,12H2/t9-,10-/m1/s1. The molecule has 1 spiro atoms. The third-order valence-corrected chi connectivity index (χ3v) is 4.28. The molecule has 3 aliphatic rings. The lowest BCUT2D eigenvalue weighted by atomic mass is 9.85. The van der Waals surface area contributed by atoms with Crippen molar-refractivity contribution in [3.63, 3.8) is 0 Å². The van der Waals surface area contributed by atoms with Crippen LogP contribution in [0.2, 0.25) is 0 Å². The molecule has 0 amide bonds. The highest BCUT2D eigenvalue weighted by Gasteiger charge is 2.54. The molecule has 0 bridgehead atoms. The normalized spacial score (nSPS) is 43.2. The zero-order valence-corrected chi connectivity index (χ0v) is 8.34. The molecule has 0 aromatic rings. The summed E-state index contributed by atoms with van der Waals surface area (Å²) < 4.78 is 0. The Balaban J connectivity index is 1.58. The molecule has 13 heavy (non-hydrogen) atoms. The van der Waals surface area contributed by atoms with E-state index in [1.54, 1.807) is 0 Å². The van der Waals surface area contributed by atoms with E-state index in [-0.39, 0.29) is 0 Å². The Labute approximate surface area is 80.5 Å². The minimum atomic E-state index is 0.477. The van der Waals surface area contributed by atoms with Crippen molar-refractivity contribution in [1.29, 1.82) is 0 Å². The molecule has 0 radical (unpaired) electrons. The lowest BCUT2D eigenvalue weighted by Crippen LogP contribution is -2.59. The molecule has 2 N–H and O–H groups in total. The van der Waals surface area contributed by atoms with Crippen molar-refractivity contribution in [3.8, 4) is 0 Å². The van der Waals surface area contributed by atoms with Crippen molar-refractivity contribution in [1.82, 2.24) is 4.90 Å². The van der Waals surface area contributed by atoms with Gasteiger partial charge in [0.05, 0.1) is 0 Å². The van der Waals surface area contributed by atoms with Gasteiger partial charge in [-0.15, -0.1) is 0 Å². The van der Waals surface area contributed by atoms with Gasteiger partial charge in [-0.05, 0) is 31.1 Å². The fourth-order valence-corrected chi connectivity index (χ4v) is 3.14. The number of nitrogens with zero attached hydrogens (tertiary/aromatic N) is 1. The second-order valence-electron chi connectivity index (χ2n) is 5.42. The van der Waals surface area contributed by atoms with Gasteiger partial charge in [0.1, 0.15) is 0 Å². The SMILES string of the molecule is N[C@@H]1CCCC[C@H]1N1CC2(CC2)C1. The summed E-state index contributed by atoms with van der Waals surface area (Å²) in [5, 5.41) is 0. The van der Waals surface area contributed by atoms with E-state index in [1.165, 1.54) is 51.6 Å². The van der Waals surface area contributed by atoms with Gasteiger partial charge in [0.2, 0.25) is 0 Å². The van der Waals surface area contributed by atoms with Crippen LogP contribution in [0.5, 0.6) is 0 Å². The highest BCUT2D eigenvalue weighted by atomic mass is 15.3. The number of rotatable bonds is 1. The molecule has 2 atom stereocenters. The largest absolute Gasteiger partial charge is 0.326 e. The molecule has 3 rings (SSSR count). The molecule has 0 aromatic carbocycles. The van der Waals surface area contributed by atoms with Crippen molar-refractivity contribution in [2.24, 2.45) is 11.1 Å². The van der Waals surface area contributed by atoms with E-state index in [9.17, 15) is 0 Å².